The van der Waals surface area contributed by atoms with E-state index in [2.05, 4.69) is 31.4 Å². The number of aromatic nitrogens is 2. The van der Waals surface area contributed by atoms with Gasteiger partial charge in [0.1, 0.15) is 0 Å². The largest absolute Gasteiger partial charge is 0.478 e. The third-order valence-corrected chi connectivity index (χ3v) is 5.09. The van der Waals surface area contributed by atoms with E-state index in [-0.39, 0.29) is 5.57 Å². The smallest absolute Gasteiger partial charge is 0.332 e. The first kappa shape index (κ1) is 17.0. The average molecular weight is 418 g/mol. The van der Waals surface area contributed by atoms with Crippen LogP contribution >= 0.6 is 15.9 Å². The predicted molar refractivity (Wildman–Crippen MR) is 96.6 cm³/mol. The zero-order valence-corrected chi connectivity index (χ0v) is 15.4. The summed E-state index contributed by atoms with van der Waals surface area (Å²) in [5.74, 6) is -0.0440. The molecule has 1 aromatic carbocycles. The molecule has 0 spiro atoms. The molecule has 1 saturated carbocycles. The van der Waals surface area contributed by atoms with Gasteiger partial charge in [-0.15, -0.1) is 0 Å². The van der Waals surface area contributed by atoms with Crippen LogP contribution in [-0.4, -0.2) is 27.1 Å². The van der Waals surface area contributed by atoms with Gasteiger partial charge in [-0.05, 0) is 50.3 Å². The second-order valence-corrected chi connectivity index (χ2v) is 7.41. The molecule has 1 aromatic heterocycles. The Morgan fingerprint density at radius 1 is 1.23 bits per heavy atom. The van der Waals surface area contributed by atoms with E-state index in [9.17, 15) is 14.7 Å². The Morgan fingerprint density at radius 3 is 2.73 bits per heavy atom. The average Bonchev–Trinajstić information content (AvgIpc) is 3.13. The molecule has 2 aliphatic rings. The molecule has 7 nitrogen and oxygen atoms in total. The Kier molecular flexibility index (Phi) is 4.36. The molecule has 2 aromatic rings. The molecule has 0 unspecified atom stereocenters. The van der Waals surface area contributed by atoms with Crippen molar-refractivity contribution in [3.05, 3.63) is 39.6 Å². The Hall–Kier alpha value is -2.48. The Bertz CT molecular complexity index is 930. The van der Waals surface area contributed by atoms with Gasteiger partial charge in [-0.3, -0.25) is 4.79 Å². The number of carbonyl (C=O) groups excluding carboxylic acids is 1. The molecule has 0 saturated heterocycles. The molecule has 1 heterocycles. The van der Waals surface area contributed by atoms with Gasteiger partial charge in [-0.1, -0.05) is 21.1 Å². The van der Waals surface area contributed by atoms with Crippen LogP contribution < -0.4 is 5.32 Å². The Balaban J connectivity index is 1.65. The number of carbonyl (C=O) groups is 2. The van der Waals surface area contributed by atoms with E-state index in [0.29, 0.717) is 53.7 Å². The number of nitrogens with zero attached hydrogens (tertiary/aromatic N) is 2. The van der Waals surface area contributed by atoms with Crippen LogP contribution in [0, 0.1) is 0 Å². The minimum Gasteiger partial charge on any atom is -0.478 e. The number of amides is 1. The monoisotopic (exact) mass is 417 g/mol. The molecule has 2 N–H and O–H groups in total. The molecule has 0 atom stereocenters. The van der Waals surface area contributed by atoms with Crippen molar-refractivity contribution in [3.63, 3.8) is 0 Å². The second kappa shape index (κ2) is 6.68. The lowest BCUT2D eigenvalue weighted by Crippen LogP contribution is -2.17. The number of carboxylic acid groups (broad SMARTS) is 1. The van der Waals surface area contributed by atoms with Crippen LogP contribution in [0.15, 0.2) is 38.3 Å². The number of aliphatic carboxylic acids is 1. The van der Waals surface area contributed by atoms with Crippen LogP contribution in [0.3, 0.4) is 0 Å². The van der Waals surface area contributed by atoms with Gasteiger partial charge in [0.2, 0.25) is 0 Å². The van der Waals surface area contributed by atoms with E-state index in [4.69, 9.17) is 4.52 Å². The van der Waals surface area contributed by atoms with Gasteiger partial charge >= 0.3 is 5.97 Å². The predicted octanol–water partition coefficient (Wildman–Crippen LogP) is 3.88. The van der Waals surface area contributed by atoms with Gasteiger partial charge in [0.25, 0.3) is 11.8 Å². The van der Waals surface area contributed by atoms with E-state index in [1.807, 2.05) is 6.07 Å². The van der Waals surface area contributed by atoms with E-state index < -0.39 is 11.9 Å². The lowest BCUT2D eigenvalue weighted by atomic mass is 10.1. The summed E-state index contributed by atoms with van der Waals surface area (Å²) < 4.78 is 6.14. The molecular weight excluding hydrogens is 402 g/mol. The van der Waals surface area contributed by atoms with Gasteiger partial charge in [-0.2, -0.15) is 4.98 Å². The summed E-state index contributed by atoms with van der Waals surface area (Å²) in [4.78, 5) is 28.4. The van der Waals surface area contributed by atoms with Crippen LogP contribution in [0.25, 0.3) is 11.5 Å². The minimum absolute atomic E-state index is 0.188. The number of rotatable bonds is 5. The highest BCUT2D eigenvalue weighted by molar-refractivity contribution is 9.10. The topological polar surface area (TPSA) is 105 Å². The lowest BCUT2D eigenvalue weighted by molar-refractivity contribution is -0.133. The summed E-state index contributed by atoms with van der Waals surface area (Å²) in [6.45, 7) is 0. The number of benzene rings is 1. The molecule has 1 fully saturated rings. The van der Waals surface area contributed by atoms with Crippen molar-refractivity contribution in [1.29, 1.82) is 0 Å². The maximum Gasteiger partial charge on any atom is 0.332 e. The maximum atomic E-state index is 12.6. The summed E-state index contributed by atoms with van der Waals surface area (Å²) in [6.07, 6.45) is 3.68. The second-order valence-electron chi connectivity index (χ2n) is 6.49. The zero-order chi connectivity index (χ0) is 18.3. The first-order valence-corrected chi connectivity index (χ1v) is 9.22. The van der Waals surface area contributed by atoms with Crippen molar-refractivity contribution < 1.29 is 19.2 Å². The summed E-state index contributed by atoms with van der Waals surface area (Å²) in [7, 11) is 0. The number of carboxylic acids is 1. The SMILES string of the molecule is O=C(O)C1=C(C(=O)Nc2cc(Br)ccc2-c2nc(C3CC3)no2)CCC1. The quantitative estimate of drug-likeness (QED) is 0.764. The van der Waals surface area contributed by atoms with E-state index >= 15 is 0 Å². The van der Waals surface area contributed by atoms with Crippen molar-refractivity contribution in [1.82, 2.24) is 10.1 Å². The zero-order valence-electron chi connectivity index (χ0n) is 13.8. The normalized spacial score (nSPS) is 16.8. The molecule has 0 radical (unpaired) electrons. The standard InChI is InChI=1S/C18H16BrN3O4/c19-10-6-7-13(17-21-15(22-26-17)9-4-5-9)14(8-10)20-16(23)11-2-1-3-12(11)18(24)25/h6-9H,1-5H2,(H,20,23)(H,24,25). The molecular formula is C18H16BrN3O4. The number of hydrogen-bond acceptors (Lipinski definition) is 5. The van der Waals surface area contributed by atoms with Crippen molar-refractivity contribution in [3.8, 4) is 11.5 Å². The number of anilines is 1. The first-order chi connectivity index (χ1) is 12.5. The highest BCUT2D eigenvalue weighted by Crippen LogP contribution is 2.40. The highest BCUT2D eigenvalue weighted by Gasteiger charge is 2.30. The van der Waals surface area contributed by atoms with E-state index in [1.54, 1.807) is 12.1 Å². The number of halogens is 1. The molecule has 134 valence electrons. The fraction of sp³-hybridized carbons (Fsp3) is 0.333. The van der Waals surface area contributed by atoms with E-state index in [1.165, 1.54) is 0 Å². The maximum absolute atomic E-state index is 12.6. The highest BCUT2D eigenvalue weighted by atomic mass is 79.9. The minimum atomic E-state index is -1.03. The van der Waals surface area contributed by atoms with Crippen molar-refractivity contribution in [2.45, 2.75) is 38.0 Å². The first-order valence-electron chi connectivity index (χ1n) is 8.43. The van der Waals surface area contributed by atoms with E-state index in [0.717, 1.165) is 17.3 Å². The van der Waals surface area contributed by atoms with Crippen LogP contribution in [0.2, 0.25) is 0 Å². The van der Waals surface area contributed by atoms with Crippen LogP contribution in [0.4, 0.5) is 5.69 Å². The fourth-order valence-corrected chi connectivity index (χ4v) is 3.45. The summed E-state index contributed by atoms with van der Waals surface area (Å²) >= 11 is 3.39. The van der Waals surface area contributed by atoms with Gasteiger partial charge < -0.3 is 14.9 Å². The Labute approximate surface area is 157 Å². The van der Waals surface area contributed by atoms with Crippen molar-refractivity contribution in [2.75, 3.05) is 5.32 Å². The van der Waals surface area contributed by atoms with Crippen molar-refractivity contribution >= 4 is 33.5 Å². The summed E-state index contributed by atoms with van der Waals surface area (Å²) in [5, 5.41) is 16.1. The summed E-state index contributed by atoms with van der Waals surface area (Å²) in [5.41, 5.74) is 1.62. The van der Waals surface area contributed by atoms with Gasteiger partial charge in [0, 0.05) is 21.5 Å². The fourth-order valence-electron chi connectivity index (χ4n) is 3.09. The van der Waals surface area contributed by atoms with Gasteiger partial charge in [-0.25, -0.2) is 4.79 Å². The van der Waals surface area contributed by atoms with Crippen LogP contribution in [0.5, 0.6) is 0 Å². The molecule has 0 aliphatic heterocycles. The molecule has 2 aliphatic carbocycles. The Morgan fingerprint density at radius 2 is 2.00 bits per heavy atom. The van der Waals surface area contributed by atoms with Crippen LogP contribution in [0.1, 0.15) is 43.8 Å². The molecule has 4 rings (SSSR count). The summed E-state index contributed by atoms with van der Waals surface area (Å²) in [6, 6.07) is 5.35. The molecule has 8 heteroatoms. The van der Waals surface area contributed by atoms with Crippen molar-refractivity contribution in [2.24, 2.45) is 0 Å². The third-order valence-electron chi connectivity index (χ3n) is 4.59. The molecule has 1 amide bonds. The number of nitrogens with one attached hydrogen (secondary N) is 1. The van der Waals surface area contributed by atoms with Crippen LogP contribution in [-0.2, 0) is 9.59 Å². The molecule has 26 heavy (non-hydrogen) atoms. The molecule has 0 bridgehead atoms. The van der Waals surface area contributed by atoms with Gasteiger partial charge in [0.05, 0.1) is 11.3 Å². The van der Waals surface area contributed by atoms with Gasteiger partial charge in [0.15, 0.2) is 5.82 Å². The third kappa shape index (κ3) is 3.29. The number of hydrogen-bond donors (Lipinski definition) is 2. The lowest BCUT2D eigenvalue weighted by Gasteiger charge is -2.10.